The summed E-state index contributed by atoms with van der Waals surface area (Å²) in [5.74, 6) is -0.300. The quantitative estimate of drug-likeness (QED) is 0.735. The summed E-state index contributed by atoms with van der Waals surface area (Å²) in [6, 6.07) is 4.73. The van der Waals surface area contributed by atoms with Gasteiger partial charge in [0.15, 0.2) is 0 Å². The molecule has 0 aliphatic carbocycles. The molecular formula is C15H15FOS. The number of hydrogen-bond donors (Lipinski definition) is 0. The SMILES string of the molecule is Cc1cc(C(=O)c2c(C)cc(F)cc2C)sc1C. The van der Waals surface area contributed by atoms with Gasteiger partial charge in [0.1, 0.15) is 5.82 Å². The highest BCUT2D eigenvalue weighted by Gasteiger charge is 2.17. The predicted molar refractivity (Wildman–Crippen MR) is 73.1 cm³/mol. The lowest BCUT2D eigenvalue weighted by Gasteiger charge is -2.07. The molecular weight excluding hydrogens is 247 g/mol. The maximum atomic E-state index is 13.2. The Morgan fingerprint density at radius 2 is 1.56 bits per heavy atom. The van der Waals surface area contributed by atoms with Gasteiger partial charge in [-0.1, -0.05) is 0 Å². The molecule has 0 aliphatic heterocycles. The Bertz CT molecular complexity index is 583. The predicted octanol–water partition coefficient (Wildman–Crippen LogP) is 4.35. The molecule has 94 valence electrons. The molecule has 0 atom stereocenters. The van der Waals surface area contributed by atoms with Crippen LogP contribution in [0.3, 0.4) is 0 Å². The van der Waals surface area contributed by atoms with Gasteiger partial charge in [-0.25, -0.2) is 4.39 Å². The van der Waals surface area contributed by atoms with Crippen LogP contribution in [0.5, 0.6) is 0 Å². The van der Waals surface area contributed by atoms with E-state index in [1.807, 2.05) is 19.9 Å². The highest BCUT2D eigenvalue weighted by molar-refractivity contribution is 7.14. The van der Waals surface area contributed by atoms with E-state index in [1.165, 1.54) is 23.5 Å². The molecule has 0 N–H and O–H groups in total. The summed E-state index contributed by atoms with van der Waals surface area (Å²) in [5, 5.41) is 0. The number of rotatable bonds is 2. The van der Waals surface area contributed by atoms with Gasteiger partial charge < -0.3 is 0 Å². The van der Waals surface area contributed by atoms with Crippen LogP contribution in [0.1, 0.15) is 36.8 Å². The van der Waals surface area contributed by atoms with E-state index in [2.05, 4.69) is 0 Å². The van der Waals surface area contributed by atoms with Gasteiger partial charge in [-0.2, -0.15) is 0 Å². The van der Waals surface area contributed by atoms with E-state index in [0.29, 0.717) is 16.7 Å². The number of benzene rings is 1. The summed E-state index contributed by atoms with van der Waals surface area (Å²) in [6.07, 6.45) is 0. The van der Waals surface area contributed by atoms with Gasteiger partial charge in [0, 0.05) is 10.4 Å². The number of carbonyl (C=O) groups excluding carboxylic acids is 1. The van der Waals surface area contributed by atoms with Gasteiger partial charge in [-0.15, -0.1) is 11.3 Å². The van der Waals surface area contributed by atoms with Crippen molar-refractivity contribution in [1.82, 2.24) is 0 Å². The van der Waals surface area contributed by atoms with Gasteiger partial charge in [-0.05, 0) is 62.6 Å². The molecule has 0 saturated heterocycles. The Hall–Kier alpha value is -1.48. The number of thiophene rings is 1. The molecule has 0 amide bonds. The monoisotopic (exact) mass is 262 g/mol. The minimum atomic E-state index is -0.292. The van der Waals surface area contributed by atoms with Gasteiger partial charge in [0.2, 0.25) is 5.78 Å². The fourth-order valence-electron chi connectivity index (χ4n) is 2.08. The molecule has 2 aromatic rings. The second-order valence-electron chi connectivity index (χ2n) is 4.59. The van der Waals surface area contributed by atoms with Crippen molar-refractivity contribution in [2.24, 2.45) is 0 Å². The number of aryl methyl sites for hydroxylation is 4. The zero-order valence-corrected chi connectivity index (χ0v) is 11.7. The van der Waals surface area contributed by atoms with E-state index in [0.717, 1.165) is 15.3 Å². The zero-order valence-electron chi connectivity index (χ0n) is 10.9. The van der Waals surface area contributed by atoms with Crippen molar-refractivity contribution < 1.29 is 9.18 Å². The Kier molecular flexibility index (Phi) is 3.35. The average molecular weight is 262 g/mol. The number of halogens is 1. The molecule has 3 heteroatoms. The molecule has 0 fully saturated rings. The Balaban J connectivity index is 2.52. The molecule has 18 heavy (non-hydrogen) atoms. The van der Waals surface area contributed by atoms with Crippen LogP contribution in [-0.4, -0.2) is 5.78 Å². The van der Waals surface area contributed by atoms with Crippen molar-refractivity contribution in [3.05, 3.63) is 56.0 Å². The Morgan fingerprint density at radius 3 is 2.00 bits per heavy atom. The molecule has 0 radical (unpaired) electrons. The third kappa shape index (κ3) is 2.23. The third-order valence-corrected chi connectivity index (χ3v) is 4.27. The van der Waals surface area contributed by atoms with Crippen molar-refractivity contribution >= 4 is 17.1 Å². The second kappa shape index (κ2) is 4.65. The highest BCUT2D eigenvalue weighted by Crippen LogP contribution is 2.26. The molecule has 1 heterocycles. The largest absolute Gasteiger partial charge is 0.288 e. The lowest BCUT2D eigenvalue weighted by molar-refractivity contribution is 0.104. The van der Waals surface area contributed by atoms with Crippen LogP contribution >= 0.6 is 11.3 Å². The van der Waals surface area contributed by atoms with E-state index in [4.69, 9.17) is 0 Å². The molecule has 0 unspecified atom stereocenters. The maximum absolute atomic E-state index is 13.2. The van der Waals surface area contributed by atoms with E-state index in [-0.39, 0.29) is 11.6 Å². The number of hydrogen-bond acceptors (Lipinski definition) is 2. The molecule has 0 aliphatic rings. The lowest BCUT2D eigenvalue weighted by Crippen LogP contribution is -2.05. The van der Waals surface area contributed by atoms with Gasteiger partial charge in [-0.3, -0.25) is 4.79 Å². The minimum absolute atomic E-state index is 0.00815. The molecule has 2 rings (SSSR count). The van der Waals surface area contributed by atoms with Crippen molar-refractivity contribution in [2.45, 2.75) is 27.7 Å². The van der Waals surface area contributed by atoms with E-state index in [9.17, 15) is 9.18 Å². The van der Waals surface area contributed by atoms with E-state index in [1.54, 1.807) is 13.8 Å². The van der Waals surface area contributed by atoms with Gasteiger partial charge in [0.05, 0.1) is 4.88 Å². The standard InChI is InChI=1S/C15H15FOS/c1-8-7-13(18-11(8)4)15(17)14-9(2)5-12(16)6-10(14)3/h5-7H,1-4H3. The summed E-state index contributed by atoms with van der Waals surface area (Å²) in [7, 11) is 0. The summed E-state index contributed by atoms with van der Waals surface area (Å²) >= 11 is 1.50. The first-order chi connectivity index (χ1) is 8.40. The van der Waals surface area contributed by atoms with Crippen molar-refractivity contribution in [2.75, 3.05) is 0 Å². The number of ketones is 1. The van der Waals surface area contributed by atoms with Crippen LogP contribution in [0.15, 0.2) is 18.2 Å². The van der Waals surface area contributed by atoms with Crippen LogP contribution in [0, 0.1) is 33.5 Å². The van der Waals surface area contributed by atoms with Crippen LogP contribution in [0.4, 0.5) is 4.39 Å². The lowest BCUT2D eigenvalue weighted by atomic mass is 9.98. The molecule has 1 nitrogen and oxygen atoms in total. The topological polar surface area (TPSA) is 17.1 Å². The van der Waals surface area contributed by atoms with Gasteiger partial charge >= 0.3 is 0 Å². The van der Waals surface area contributed by atoms with Crippen molar-refractivity contribution in [1.29, 1.82) is 0 Å². The fraction of sp³-hybridized carbons (Fsp3) is 0.267. The summed E-state index contributed by atoms with van der Waals surface area (Å²) < 4.78 is 13.2. The second-order valence-corrected chi connectivity index (χ2v) is 5.85. The zero-order chi connectivity index (χ0) is 13.4. The molecule has 0 spiro atoms. The molecule has 1 aromatic carbocycles. The van der Waals surface area contributed by atoms with Crippen LogP contribution in [0.2, 0.25) is 0 Å². The summed E-state index contributed by atoms with van der Waals surface area (Å²) in [5.41, 5.74) is 3.14. The molecule has 0 saturated carbocycles. The van der Waals surface area contributed by atoms with Crippen molar-refractivity contribution in [3.8, 4) is 0 Å². The van der Waals surface area contributed by atoms with Crippen molar-refractivity contribution in [3.63, 3.8) is 0 Å². The first kappa shape index (κ1) is 13.0. The summed E-state index contributed by atoms with van der Waals surface area (Å²) in [4.78, 5) is 14.3. The van der Waals surface area contributed by atoms with Crippen LogP contribution in [-0.2, 0) is 0 Å². The minimum Gasteiger partial charge on any atom is -0.288 e. The van der Waals surface area contributed by atoms with Crippen LogP contribution < -0.4 is 0 Å². The van der Waals surface area contributed by atoms with Crippen LogP contribution in [0.25, 0.3) is 0 Å². The molecule has 1 aromatic heterocycles. The van der Waals surface area contributed by atoms with Gasteiger partial charge in [0.25, 0.3) is 0 Å². The molecule has 0 bridgehead atoms. The third-order valence-electron chi connectivity index (χ3n) is 3.11. The fourth-order valence-corrected chi connectivity index (χ4v) is 3.06. The maximum Gasteiger partial charge on any atom is 0.203 e. The number of carbonyl (C=O) groups is 1. The van der Waals surface area contributed by atoms with E-state index < -0.39 is 0 Å². The Morgan fingerprint density at radius 1 is 1.00 bits per heavy atom. The highest BCUT2D eigenvalue weighted by atomic mass is 32.1. The smallest absolute Gasteiger partial charge is 0.203 e. The first-order valence-electron chi connectivity index (χ1n) is 5.78. The first-order valence-corrected chi connectivity index (χ1v) is 6.60. The van der Waals surface area contributed by atoms with E-state index >= 15 is 0 Å². The summed E-state index contributed by atoms with van der Waals surface area (Å²) in [6.45, 7) is 7.54. The Labute approximate surface area is 110 Å². The normalized spacial score (nSPS) is 10.7. The average Bonchev–Trinajstić information content (AvgIpc) is 2.57.